The van der Waals surface area contributed by atoms with Gasteiger partial charge in [0, 0.05) is 27.4 Å². The Balaban J connectivity index is 1.92. The summed E-state index contributed by atoms with van der Waals surface area (Å²) < 4.78 is 1.08. The van der Waals surface area contributed by atoms with E-state index < -0.39 is 0 Å². The van der Waals surface area contributed by atoms with Crippen LogP contribution in [-0.2, 0) is 0 Å². The van der Waals surface area contributed by atoms with Crippen molar-refractivity contribution in [1.82, 2.24) is 4.98 Å². The van der Waals surface area contributed by atoms with Crippen LogP contribution in [0.5, 0.6) is 0 Å². The fourth-order valence-corrected chi connectivity index (χ4v) is 2.11. The fraction of sp³-hybridized carbons (Fsp3) is 0. The average molecular weight is 299 g/mol. The van der Waals surface area contributed by atoms with Gasteiger partial charge in [0.2, 0.25) is 0 Å². The first-order chi connectivity index (χ1) is 8.81. The van der Waals surface area contributed by atoms with E-state index in [1.165, 1.54) is 0 Å². The van der Waals surface area contributed by atoms with Crippen molar-refractivity contribution in [2.75, 3.05) is 5.32 Å². The lowest BCUT2D eigenvalue weighted by atomic mass is 10.2. The van der Waals surface area contributed by atoms with Crippen molar-refractivity contribution in [3.8, 4) is 0 Å². The van der Waals surface area contributed by atoms with Gasteiger partial charge in [0.05, 0.1) is 5.52 Å². The van der Waals surface area contributed by atoms with Crippen molar-refractivity contribution in [3.05, 3.63) is 65.3 Å². The summed E-state index contributed by atoms with van der Waals surface area (Å²) in [7, 11) is 0. The van der Waals surface area contributed by atoms with Crippen LogP contribution in [0.15, 0.2) is 65.3 Å². The third-order valence-corrected chi connectivity index (χ3v) is 3.27. The summed E-state index contributed by atoms with van der Waals surface area (Å²) in [6, 6.07) is 18.3. The maximum Gasteiger partial charge on any atom is 0.0722 e. The van der Waals surface area contributed by atoms with Gasteiger partial charge in [-0.2, -0.15) is 0 Å². The number of nitrogens with one attached hydrogen (secondary N) is 1. The van der Waals surface area contributed by atoms with Crippen molar-refractivity contribution in [3.63, 3.8) is 0 Å². The van der Waals surface area contributed by atoms with Gasteiger partial charge in [0.1, 0.15) is 0 Å². The monoisotopic (exact) mass is 298 g/mol. The predicted octanol–water partition coefficient (Wildman–Crippen LogP) is 4.74. The third kappa shape index (κ3) is 2.36. The molecule has 1 N–H and O–H groups in total. The number of hydrogen-bond donors (Lipinski definition) is 1. The molecule has 0 aliphatic rings. The molecule has 1 heterocycles. The molecule has 88 valence electrons. The molecule has 2 aromatic carbocycles. The highest BCUT2D eigenvalue weighted by atomic mass is 79.9. The molecule has 0 unspecified atom stereocenters. The number of hydrogen-bond acceptors (Lipinski definition) is 2. The molecule has 0 atom stereocenters. The van der Waals surface area contributed by atoms with E-state index in [9.17, 15) is 0 Å². The van der Waals surface area contributed by atoms with Crippen LogP contribution in [0, 0.1) is 0 Å². The highest BCUT2D eigenvalue weighted by molar-refractivity contribution is 9.10. The number of pyridine rings is 1. The number of anilines is 2. The van der Waals surface area contributed by atoms with Gasteiger partial charge in [-0.1, -0.05) is 28.1 Å². The minimum Gasteiger partial charge on any atom is -0.355 e. The molecular formula is C15H11BrN2. The van der Waals surface area contributed by atoms with Crippen LogP contribution in [-0.4, -0.2) is 4.98 Å². The van der Waals surface area contributed by atoms with Crippen LogP contribution in [0.1, 0.15) is 0 Å². The number of nitrogens with zero attached hydrogens (tertiary/aromatic N) is 1. The minimum absolute atomic E-state index is 1.000. The van der Waals surface area contributed by atoms with E-state index in [0.29, 0.717) is 0 Å². The molecule has 0 amide bonds. The van der Waals surface area contributed by atoms with E-state index in [4.69, 9.17) is 0 Å². The van der Waals surface area contributed by atoms with Crippen molar-refractivity contribution >= 4 is 38.2 Å². The second-order valence-corrected chi connectivity index (χ2v) is 4.96. The molecule has 3 aromatic rings. The summed E-state index contributed by atoms with van der Waals surface area (Å²) in [5.41, 5.74) is 3.11. The van der Waals surface area contributed by atoms with Crippen molar-refractivity contribution < 1.29 is 0 Å². The lowest BCUT2D eigenvalue weighted by molar-refractivity contribution is 1.41. The lowest BCUT2D eigenvalue weighted by Crippen LogP contribution is -1.90. The fourth-order valence-electron chi connectivity index (χ4n) is 1.84. The molecule has 3 rings (SSSR count). The van der Waals surface area contributed by atoms with Gasteiger partial charge >= 0.3 is 0 Å². The van der Waals surface area contributed by atoms with E-state index in [0.717, 1.165) is 26.8 Å². The molecule has 0 fully saturated rings. The maximum atomic E-state index is 4.35. The Kier molecular flexibility index (Phi) is 2.99. The van der Waals surface area contributed by atoms with E-state index in [1.807, 2.05) is 36.5 Å². The third-order valence-electron chi connectivity index (χ3n) is 2.74. The molecule has 1 aromatic heterocycles. The summed E-state index contributed by atoms with van der Waals surface area (Å²) in [5.74, 6) is 0. The van der Waals surface area contributed by atoms with Gasteiger partial charge in [0.25, 0.3) is 0 Å². The number of halogens is 1. The molecule has 0 bridgehead atoms. The van der Waals surface area contributed by atoms with Crippen LogP contribution in [0.4, 0.5) is 11.4 Å². The Morgan fingerprint density at radius 1 is 0.889 bits per heavy atom. The van der Waals surface area contributed by atoms with Crippen LogP contribution in [0.3, 0.4) is 0 Å². The Bertz CT molecular complexity index is 677. The van der Waals surface area contributed by atoms with Crippen molar-refractivity contribution in [1.29, 1.82) is 0 Å². The molecule has 0 saturated carbocycles. The highest BCUT2D eigenvalue weighted by Gasteiger charge is 1.98. The normalized spacial score (nSPS) is 10.5. The van der Waals surface area contributed by atoms with Gasteiger partial charge < -0.3 is 5.32 Å². The van der Waals surface area contributed by atoms with E-state index in [2.05, 4.69) is 50.5 Å². The second-order valence-electron chi connectivity index (χ2n) is 4.04. The summed E-state index contributed by atoms with van der Waals surface area (Å²) in [6.07, 6.45) is 1.81. The van der Waals surface area contributed by atoms with E-state index in [-0.39, 0.29) is 0 Å². The van der Waals surface area contributed by atoms with Crippen molar-refractivity contribution in [2.24, 2.45) is 0 Å². The van der Waals surface area contributed by atoms with Gasteiger partial charge in [-0.3, -0.25) is 4.98 Å². The zero-order chi connectivity index (χ0) is 12.4. The van der Waals surface area contributed by atoms with E-state index >= 15 is 0 Å². The molecule has 3 heteroatoms. The summed E-state index contributed by atoms with van der Waals surface area (Å²) in [4.78, 5) is 4.35. The molecule has 0 saturated heterocycles. The molecule has 18 heavy (non-hydrogen) atoms. The van der Waals surface area contributed by atoms with Gasteiger partial charge in [-0.05, 0) is 42.5 Å². The lowest BCUT2D eigenvalue weighted by Gasteiger charge is -2.07. The number of rotatable bonds is 2. The van der Waals surface area contributed by atoms with Crippen molar-refractivity contribution in [2.45, 2.75) is 0 Å². The molecule has 0 aliphatic carbocycles. The minimum atomic E-state index is 1.000. The Morgan fingerprint density at radius 3 is 2.50 bits per heavy atom. The molecule has 2 nitrogen and oxygen atoms in total. The highest BCUT2D eigenvalue weighted by Crippen LogP contribution is 2.22. The predicted molar refractivity (Wildman–Crippen MR) is 79.2 cm³/mol. The zero-order valence-electron chi connectivity index (χ0n) is 9.60. The Morgan fingerprint density at radius 2 is 1.67 bits per heavy atom. The van der Waals surface area contributed by atoms with Gasteiger partial charge in [0.15, 0.2) is 0 Å². The molecule has 0 radical (unpaired) electrons. The second kappa shape index (κ2) is 4.78. The zero-order valence-corrected chi connectivity index (χ0v) is 11.2. The van der Waals surface area contributed by atoms with Gasteiger partial charge in [-0.15, -0.1) is 0 Å². The standard InChI is InChI=1S/C15H11BrN2/c16-12-4-7-13(8-5-12)18-14-6-3-11-2-1-9-17-15(11)10-14/h1-10,18H. The van der Waals surface area contributed by atoms with Crippen LogP contribution >= 0.6 is 15.9 Å². The van der Waals surface area contributed by atoms with E-state index in [1.54, 1.807) is 0 Å². The van der Waals surface area contributed by atoms with Gasteiger partial charge in [-0.25, -0.2) is 0 Å². The first-order valence-corrected chi connectivity index (χ1v) is 6.48. The maximum absolute atomic E-state index is 4.35. The van der Waals surface area contributed by atoms with Crippen LogP contribution < -0.4 is 5.32 Å². The number of benzene rings is 2. The quantitative estimate of drug-likeness (QED) is 0.739. The SMILES string of the molecule is Brc1ccc(Nc2ccc3cccnc3c2)cc1. The smallest absolute Gasteiger partial charge is 0.0722 e. The first-order valence-electron chi connectivity index (χ1n) is 5.69. The Hall–Kier alpha value is -1.87. The largest absolute Gasteiger partial charge is 0.355 e. The Labute approximate surface area is 114 Å². The summed E-state index contributed by atoms with van der Waals surface area (Å²) in [5, 5.41) is 4.51. The summed E-state index contributed by atoms with van der Waals surface area (Å²) >= 11 is 3.43. The van der Waals surface area contributed by atoms with Crippen LogP contribution in [0.2, 0.25) is 0 Å². The topological polar surface area (TPSA) is 24.9 Å². The van der Waals surface area contributed by atoms with Crippen LogP contribution in [0.25, 0.3) is 10.9 Å². The number of fused-ring (bicyclic) bond motifs is 1. The summed E-state index contributed by atoms with van der Waals surface area (Å²) in [6.45, 7) is 0. The molecule has 0 aliphatic heterocycles. The molecule has 0 spiro atoms. The number of aromatic nitrogens is 1. The molecular weight excluding hydrogens is 288 g/mol. The first kappa shape index (κ1) is 11.2. The average Bonchev–Trinajstić information content (AvgIpc) is 2.41.